The van der Waals surface area contributed by atoms with E-state index in [1.165, 1.54) is 33.4 Å². The lowest BCUT2D eigenvalue weighted by atomic mass is 9.72. The second-order valence-corrected chi connectivity index (χ2v) is 7.80. The van der Waals surface area contributed by atoms with Gasteiger partial charge in [0.1, 0.15) is 0 Å². The van der Waals surface area contributed by atoms with Gasteiger partial charge in [0, 0.05) is 49.7 Å². The molecule has 1 aromatic carbocycles. The molecule has 25 heavy (non-hydrogen) atoms. The lowest BCUT2D eigenvalue weighted by molar-refractivity contribution is 0.0795. The first kappa shape index (κ1) is 16.5. The molecule has 1 fully saturated rings. The molecule has 1 unspecified atom stereocenters. The topological polar surface area (TPSA) is 48.6 Å². The minimum absolute atomic E-state index is 0.249. The number of carbonyl (C=O) groups is 1. The van der Waals surface area contributed by atoms with Gasteiger partial charge >= 0.3 is 6.09 Å². The van der Waals surface area contributed by atoms with E-state index in [2.05, 4.69) is 41.3 Å². The Balaban J connectivity index is 1.50. The average Bonchev–Trinajstić information content (AvgIpc) is 3.00. The fourth-order valence-corrected chi connectivity index (χ4v) is 4.71. The summed E-state index contributed by atoms with van der Waals surface area (Å²) in [6.07, 6.45) is 5.17. The number of rotatable bonds is 3. The second kappa shape index (κ2) is 6.37. The van der Waals surface area contributed by atoms with Gasteiger partial charge in [-0.15, -0.1) is 0 Å². The molecule has 1 saturated heterocycles. The number of nitrogens with one attached hydrogen (secondary N) is 1. The number of piperidine rings is 1. The van der Waals surface area contributed by atoms with Crippen molar-refractivity contribution in [1.82, 2.24) is 14.8 Å². The number of hydrogen-bond donors (Lipinski definition) is 1. The number of ether oxygens (including phenoxy) is 1. The van der Waals surface area contributed by atoms with Gasteiger partial charge in [0.15, 0.2) is 0 Å². The van der Waals surface area contributed by atoms with Crippen molar-refractivity contribution >= 4 is 17.0 Å². The first-order chi connectivity index (χ1) is 12.0. The van der Waals surface area contributed by atoms with E-state index in [4.69, 9.17) is 4.74 Å². The van der Waals surface area contributed by atoms with Crippen LogP contribution in [0.3, 0.4) is 0 Å². The molecule has 5 nitrogen and oxygen atoms in total. The van der Waals surface area contributed by atoms with Gasteiger partial charge in [-0.2, -0.15) is 0 Å². The highest BCUT2D eigenvalue weighted by Gasteiger charge is 2.39. The molecule has 1 aliphatic heterocycles. The molecule has 1 amide bonds. The number of fused-ring (bicyclic) bond motifs is 2. The molecule has 2 aliphatic rings. The zero-order valence-electron chi connectivity index (χ0n) is 15.3. The number of hydrogen-bond acceptors (Lipinski definition) is 3. The van der Waals surface area contributed by atoms with E-state index in [0.29, 0.717) is 24.5 Å². The first-order valence-corrected chi connectivity index (χ1v) is 9.17. The SMILES string of the molecule is CN(C)C(=O)OCCC1C[C@H]2c3cccc4[nH]cc(c34)C[C@@H]2N(C)C1. The number of aromatic amines is 1. The number of aromatic nitrogens is 1. The van der Waals surface area contributed by atoms with Gasteiger partial charge in [-0.25, -0.2) is 4.79 Å². The Hall–Kier alpha value is -2.01. The summed E-state index contributed by atoms with van der Waals surface area (Å²) in [6, 6.07) is 7.23. The number of amides is 1. The largest absolute Gasteiger partial charge is 0.449 e. The van der Waals surface area contributed by atoms with Crippen molar-refractivity contribution in [2.75, 3.05) is 34.3 Å². The molecule has 0 bridgehead atoms. The molecule has 2 heterocycles. The zero-order chi connectivity index (χ0) is 17.6. The smallest absolute Gasteiger partial charge is 0.409 e. The number of likely N-dealkylation sites (N-methyl/N-ethyl adjacent to an activating group) is 1. The van der Waals surface area contributed by atoms with Gasteiger partial charge < -0.3 is 19.5 Å². The van der Waals surface area contributed by atoms with Crippen molar-refractivity contribution < 1.29 is 9.53 Å². The third kappa shape index (κ3) is 2.91. The van der Waals surface area contributed by atoms with Crippen molar-refractivity contribution in [3.05, 3.63) is 35.5 Å². The molecule has 3 atom stereocenters. The molecule has 1 aliphatic carbocycles. The van der Waals surface area contributed by atoms with Crippen LogP contribution in [0.15, 0.2) is 24.4 Å². The Morgan fingerprint density at radius 2 is 2.24 bits per heavy atom. The number of carbonyl (C=O) groups excluding carboxylic acids is 1. The Kier molecular flexibility index (Phi) is 4.20. The molecule has 0 radical (unpaired) electrons. The van der Waals surface area contributed by atoms with Crippen LogP contribution >= 0.6 is 0 Å². The molecule has 4 rings (SSSR count). The van der Waals surface area contributed by atoms with Crippen molar-refractivity contribution in [2.45, 2.75) is 31.2 Å². The summed E-state index contributed by atoms with van der Waals surface area (Å²) in [7, 11) is 5.68. The first-order valence-electron chi connectivity index (χ1n) is 9.17. The van der Waals surface area contributed by atoms with Crippen LogP contribution in [-0.2, 0) is 11.2 Å². The van der Waals surface area contributed by atoms with Crippen LogP contribution in [0.2, 0.25) is 0 Å². The molecular formula is C20H27N3O2. The number of nitrogens with zero attached hydrogens (tertiary/aromatic N) is 2. The van der Waals surface area contributed by atoms with Crippen LogP contribution < -0.4 is 0 Å². The molecular weight excluding hydrogens is 314 g/mol. The van der Waals surface area contributed by atoms with Crippen LogP contribution in [0.25, 0.3) is 10.9 Å². The van der Waals surface area contributed by atoms with Gasteiger partial charge in [0.05, 0.1) is 6.61 Å². The van der Waals surface area contributed by atoms with Crippen LogP contribution in [0.4, 0.5) is 4.79 Å². The lowest BCUT2D eigenvalue weighted by Crippen LogP contribution is -2.48. The van der Waals surface area contributed by atoms with Crippen LogP contribution in [-0.4, -0.2) is 61.2 Å². The minimum atomic E-state index is -0.249. The highest BCUT2D eigenvalue weighted by Crippen LogP contribution is 2.44. The predicted molar refractivity (Wildman–Crippen MR) is 98.9 cm³/mol. The predicted octanol–water partition coefficient (Wildman–Crippen LogP) is 3.22. The lowest BCUT2D eigenvalue weighted by Gasteiger charge is -2.45. The Morgan fingerprint density at radius 1 is 1.40 bits per heavy atom. The maximum Gasteiger partial charge on any atom is 0.409 e. The minimum Gasteiger partial charge on any atom is -0.449 e. The average molecular weight is 341 g/mol. The van der Waals surface area contributed by atoms with E-state index in [1.54, 1.807) is 14.1 Å². The molecule has 0 spiro atoms. The van der Waals surface area contributed by atoms with Crippen LogP contribution in [0.1, 0.15) is 29.9 Å². The maximum atomic E-state index is 11.6. The van der Waals surface area contributed by atoms with Gasteiger partial charge in [-0.05, 0) is 49.4 Å². The summed E-state index contributed by atoms with van der Waals surface area (Å²) in [5.74, 6) is 1.14. The molecule has 1 aromatic heterocycles. The van der Waals surface area contributed by atoms with Crippen molar-refractivity contribution in [2.24, 2.45) is 5.92 Å². The quantitative estimate of drug-likeness (QED) is 0.932. The maximum absolute atomic E-state index is 11.6. The van der Waals surface area contributed by atoms with E-state index < -0.39 is 0 Å². The van der Waals surface area contributed by atoms with E-state index in [1.807, 2.05) is 0 Å². The van der Waals surface area contributed by atoms with Crippen LogP contribution in [0.5, 0.6) is 0 Å². The standard InChI is InChI=1S/C20H27N3O2/c1-22(2)20(24)25-8-7-13-9-16-15-5-4-6-17-19(15)14(11-21-17)10-18(16)23(3)12-13/h4-6,11,13,16,18,21H,7-10,12H2,1-3H3/t13?,16-,18-/m0/s1. The monoisotopic (exact) mass is 341 g/mol. The molecule has 0 saturated carbocycles. The fraction of sp³-hybridized carbons (Fsp3) is 0.550. The molecule has 134 valence electrons. The van der Waals surface area contributed by atoms with E-state index in [0.717, 1.165) is 19.4 Å². The number of likely N-dealkylation sites (tertiary alicyclic amines) is 1. The summed E-state index contributed by atoms with van der Waals surface area (Å²) in [4.78, 5) is 19.0. The van der Waals surface area contributed by atoms with Gasteiger partial charge in [0.2, 0.25) is 0 Å². The van der Waals surface area contributed by atoms with Gasteiger partial charge in [-0.3, -0.25) is 0 Å². The normalized spacial score (nSPS) is 25.6. The third-order valence-electron chi connectivity index (χ3n) is 5.93. The summed E-state index contributed by atoms with van der Waals surface area (Å²) >= 11 is 0. The van der Waals surface area contributed by atoms with Crippen molar-refractivity contribution in [1.29, 1.82) is 0 Å². The summed E-state index contributed by atoms with van der Waals surface area (Å²) in [5.41, 5.74) is 4.21. The van der Waals surface area contributed by atoms with E-state index >= 15 is 0 Å². The molecule has 5 heteroatoms. The zero-order valence-corrected chi connectivity index (χ0v) is 15.3. The van der Waals surface area contributed by atoms with E-state index in [-0.39, 0.29) is 6.09 Å². The fourth-order valence-electron chi connectivity index (χ4n) is 4.71. The van der Waals surface area contributed by atoms with Crippen molar-refractivity contribution in [3.8, 4) is 0 Å². The number of benzene rings is 1. The summed E-state index contributed by atoms with van der Waals surface area (Å²) in [5, 5.41) is 1.44. The van der Waals surface area contributed by atoms with Crippen LogP contribution in [0, 0.1) is 5.92 Å². The summed E-state index contributed by atoms with van der Waals surface area (Å²) in [6.45, 7) is 1.59. The summed E-state index contributed by atoms with van der Waals surface area (Å²) < 4.78 is 5.34. The Labute approximate surface area is 148 Å². The number of H-pyrrole nitrogens is 1. The van der Waals surface area contributed by atoms with Crippen molar-refractivity contribution in [3.63, 3.8) is 0 Å². The van der Waals surface area contributed by atoms with Gasteiger partial charge in [-0.1, -0.05) is 12.1 Å². The Bertz CT molecular complexity index is 782. The van der Waals surface area contributed by atoms with Gasteiger partial charge in [0.25, 0.3) is 0 Å². The highest BCUT2D eigenvalue weighted by atomic mass is 16.6. The second-order valence-electron chi connectivity index (χ2n) is 7.80. The third-order valence-corrected chi connectivity index (χ3v) is 5.93. The molecule has 2 aromatic rings. The highest BCUT2D eigenvalue weighted by molar-refractivity contribution is 5.88. The molecule has 1 N–H and O–H groups in total. The Morgan fingerprint density at radius 3 is 3.04 bits per heavy atom. The van der Waals surface area contributed by atoms with E-state index in [9.17, 15) is 4.79 Å².